The lowest BCUT2D eigenvalue weighted by Gasteiger charge is -2.25. The Labute approximate surface area is 95.6 Å². The highest BCUT2D eigenvalue weighted by Crippen LogP contribution is 2.22. The molecule has 0 radical (unpaired) electrons. The summed E-state index contributed by atoms with van der Waals surface area (Å²) in [6, 6.07) is 0. The molecule has 1 aliphatic carbocycles. The monoisotopic (exact) mass is 226 g/mol. The van der Waals surface area contributed by atoms with Gasteiger partial charge in [-0.15, -0.1) is 0 Å². The molecule has 0 bridgehead atoms. The van der Waals surface area contributed by atoms with Crippen LogP contribution in [0.1, 0.15) is 32.6 Å². The summed E-state index contributed by atoms with van der Waals surface area (Å²) in [5, 5.41) is 0. The van der Waals surface area contributed by atoms with Crippen LogP contribution in [0.3, 0.4) is 0 Å². The maximum atomic E-state index is 10.8. The summed E-state index contributed by atoms with van der Waals surface area (Å²) in [5.74, 6) is -0.246. The average Bonchev–Trinajstić information content (AvgIpc) is 2.66. The van der Waals surface area contributed by atoms with Crippen LogP contribution in [0.4, 0.5) is 0 Å². The molecule has 0 aromatic heterocycles. The Bertz CT molecular complexity index is 268. The number of esters is 1. The fourth-order valence-electron chi connectivity index (χ4n) is 2.05. The maximum Gasteiger partial charge on any atom is 0.303 e. The summed E-state index contributed by atoms with van der Waals surface area (Å²) < 4.78 is 16.3. The van der Waals surface area contributed by atoms with Crippen LogP contribution in [0.2, 0.25) is 0 Å². The zero-order chi connectivity index (χ0) is 11.4. The average molecular weight is 226 g/mol. The van der Waals surface area contributed by atoms with Gasteiger partial charge in [-0.25, -0.2) is 0 Å². The first-order valence-corrected chi connectivity index (χ1v) is 5.86. The fraction of sp³-hybridized carbons (Fsp3) is 0.750. The first kappa shape index (κ1) is 11.6. The molecule has 3 atom stereocenters. The van der Waals surface area contributed by atoms with Crippen LogP contribution in [0.25, 0.3) is 0 Å². The van der Waals surface area contributed by atoms with Gasteiger partial charge in [0.2, 0.25) is 0 Å². The quantitative estimate of drug-likeness (QED) is 0.543. The highest BCUT2D eigenvalue weighted by Gasteiger charge is 2.25. The van der Waals surface area contributed by atoms with E-state index >= 15 is 0 Å². The molecular formula is C12H18O4. The van der Waals surface area contributed by atoms with Gasteiger partial charge in [0.15, 0.2) is 6.29 Å². The number of ether oxygens (including phenoxy) is 3. The summed E-state index contributed by atoms with van der Waals surface area (Å²) in [4.78, 5) is 10.8. The van der Waals surface area contributed by atoms with E-state index in [4.69, 9.17) is 14.2 Å². The third kappa shape index (κ3) is 3.32. The molecule has 0 aromatic rings. The Kier molecular flexibility index (Phi) is 3.96. The van der Waals surface area contributed by atoms with E-state index in [0.717, 1.165) is 25.9 Å². The van der Waals surface area contributed by atoms with Crippen molar-refractivity contribution in [1.82, 2.24) is 0 Å². The van der Waals surface area contributed by atoms with Crippen molar-refractivity contribution in [3.63, 3.8) is 0 Å². The van der Waals surface area contributed by atoms with Gasteiger partial charge in [0.05, 0.1) is 6.10 Å². The minimum atomic E-state index is -0.246. The molecule has 16 heavy (non-hydrogen) atoms. The molecule has 90 valence electrons. The van der Waals surface area contributed by atoms with Gasteiger partial charge < -0.3 is 14.2 Å². The van der Waals surface area contributed by atoms with E-state index in [2.05, 4.69) is 0 Å². The number of hydrogen-bond acceptors (Lipinski definition) is 4. The molecule has 1 heterocycles. The van der Waals surface area contributed by atoms with Crippen LogP contribution in [0.5, 0.6) is 0 Å². The van der Waals surface area contributed by atoms with E-state index < -0.39 is 0 Å². The lowest BCUT2D eigenvalue weighted by molar-refractivity contribution is -0.181. The van der Waals surface area contributed by atoms with Crippen molar-refractivity contribution >= 4 is 5.97 Å². The Morgan fingerprint density at radius 3 is 2.81 bits per heavy atom. The smallest absolute Gasteiger partial charge is 0.303 e. The molecule has 0 N–H and O–H groups in total. The second kappa shape index (κ2) is 5.46. The molecule has 4 nitrogen and oxygen atoms in total. The van der Waals surface area contributed by atoms with Crippen molar-refractivity contribution in [1.29, 1.82) is 0 Å². The van der Waals surface area contributed by atoms with Crippen LogP contribution in [0.15, 0.2) is 12.2 Å². The van der Waals surface area contributed by atoms with E-state index in [1.54, 1.807) is 0 Å². The molecule has 0 amide bonds. The molecule has 0 aromatic carbocycles. The first-order chi connectivity index (χ1) is 7.74. The van der Waals surface area contributed by atoms with Crippen molar-refractivity contribution in [2.75, 3.05) is 6.61 Å². The lowest BCUT2D eigenvalue weighted by atomic mass is 10.2. The highest BCUT2D eigenvalue weighted by atomic mass is 16.7. The van der Waals surface area contributed by atoms with E-state index in [-0.39, 0.29) is 24.5 Å². The number of carbonyl (C=O) groups is 1. The Morgan fingerprint density at radius 2 is 2.12 bits per heavy atom. The molecular weight excluding hydrogens is 208 g/mol. The van der Waals surface area contributed by atoms with Crippen molar-refractivity contribution in [3.8, 4) is 0 Å². The number of rotatable bonds is 3. The fourth-order valence-corrected chi connectivity index (χ4v) is 2.05. The van der Waals surface area contributed by atoms with Crippen LogP contribution >= 0.6 is 0 Å². The molecule has 2 aliphatic rings. The van der Waals surface area contributed by atoms with Crippen molar-refractivity contribution in [2.45, 2.75) is 51.1 Å². The Balaban J connectivity index is 1.72. The molecule has 0 spiro atoms. The van der Waals surface area contributed by atoms with Gasteiger partial charge in [-0.05, 0) is 25.3 Å². The van der Waals surface area contributed by atoms with Gasteiger partial charge >= 0.3 is 5.97 Å². The summed E-state index contributed by atoms with van der Waals surface area (Å²) in [7, 11) is 0. The second-order valence-electron chi connectivity index (χ2n) is 4.24. The Morgan fingerprint density at radius 1 is 1.31 bits per heavy atom. The highest BCUT2D eigenvalue weighted by molar-refractivity contribution is 5.66. The molecule has 1 unspecified atom stereocenters. The SMILES string of the molecule is CC(=O)O[C@H]1C=C[C@H](OC2CCCCO2)C1. The summed E-state index contributed by atoms with van der Waals surface area (Å²) in [6.07, 6.45) is 7.59. The maximum absolute atomic E-state index is 10.8. The molecule has 0 saturated carbocycles. The first-order valence-electron chi connectivity index (χ1n) is 5.86. The summed E-state index contributed by atoms with van der Waals surface area (Å²) in [6.45, 7) is 2.21. The normalized spacial score (nSPS) is 33.9. The van der Waals surface area contributed by atoms with Crippen LogP contribution in [-0.4, -0.2) is 31.1 Å². The minimum absolute atomic E-state index is 0.0208. The van der Waals surface area contributed by atoms with Crippen molar-refractivity contribution in [2.24, 2.45) is 0 Å². The zero-order valence-corrected chi connectivity index (χ0v) is 9.56. The van der Waals surface area contributed by atoms with E-state index in [0.29, 0.717) is 6.42 Å². The van der Waals surface area contributed by atoms with E-state index in [9.17, 15) is 4.79 Å². The largest absolute Gasteiger partial charge is 0.458 e. The summed E-state index contributed by atoms with van der Waals surface area (Å²) in [5.41, 5.74) is 0. The van der Waals surface area contributed by atoms with Gasteiger partial charge in [-0.3, -0.25) is 4.79 Å². The van der Waals surface area contributed by atoms with Crippen LogP contribution in [-0.2, 0) is 19.0 Å². The van der Waals surface area contributed by atoms with Crippen LogP contribution < -0.4 is 0 Å². The van der Waals surface area contributed by atoms with Crippen molar-refractivity contribution < 1.29 is 19.0 Å². The third-order valence-corrected chi connectivity index (χ3v) is 2.79. The van der Waals surface area contributed by atoms with Gasteiger partial charge in [0.1, 0.15) is 6.10 Å². The standard InChI is InChI=1S/C12H18O4/c1-9(13)15-10-5-6-11(8-10)16-12-4-2-3-7-14-12/h5-6,10-12H,2-4,7-8H2,1H3/t10-,11-,12?/m0/s1. The van der Waals surface area contributed by atoms with Crippen LogP contribution in [0, 0.1) is 0 Å². The van der Waals surface area contributed by atoms with Crippen molar-refractivity contribution in [3.05, 3.63) is 12.2 Å². The zero-order valence-electron chi connectivity index (χ0n) is 9.56. The lowest BCUT2D eigenvalue weighted by Crippen LogP contribution is -2.27. The molecule has 1 fully saturated rings. The van der Waals surface area contributed by atoms with E-state index in [1.807, 2.05) is 12.2 Å². The number of hydrogen-bond donors (Lipinski definition) is 0. The Hall–Kier alpha value is -0.870. The van der Waals surface area contributed by atoms with E-state index in [1.165, 1.54) is 6.92 Å². The van der Waals surface area contributed by atoms with Gasteiger partial charge in [0.25, 0.3) is 0 Å². The van der Waals surface area contributed by atoms with Gasteiger partial charge in [-0.1, -0.05) is 6.08 Å². The number of carbonyl (C=O) groups excluding carboxylic acids is 1. The predicted molar refractivity (Wildman–Crippen MR) is 57.8 cm³/mol. The molecule has 1 saturated heterocycles. The topological polar surface area (TPSA) is 44.8 Å². The summed E-state index contributed by atoms with van der Waals surface area (Å²) >= 11 is 0. The van der Waals surface area contributed by atoms with Gasteiger partial charge in [-0.2, -0.15) is 0 Å². The molecule has 2 rings (SSSR count). The predicted octanol–water partition coefficient (Wildman–Crippen LogP) is 1.79. The second-order valence-corrected chi connectivity index (χ2v) is 4.24. The third-order valence-electron chi connectivity index (χ3n) is 2.79. The minimum Gasteiger partial charge on any atom is -0.458 e. The molecule has 1 aliphatic heterocycles. The molecule has 4 heteroatoms. The van der Waals surface area contributed by atoms with Gasteiger partial charge in [0, 0.05) is 20.0 Å².